The Balaban J connectivity index is 0.000000224. The zero-order chi connectivity index (χ0) is 42.0. The summed E-state index contributed by atoms with van der Waals surface area (Å²) in [7, 11) is 2.06. The van der Waals surface area contributed by atoms with Crippen LogP contribution in [0.3, 0.4) is 0 Å². The first-order valence-electron chi connectivity index (χ1n) is 20.6. The van der Waals surface area contributed by atoms with E-state index in [9.17, 15) is 0 Å². The zero-order valence-corrected chi connectivity index (χ0v) is 36.4. The second-order valence-corrected chi connectivity index (χ2v) is 15.7. The Kier molecular flexibility index (Phi) is 17.2. The normalized spacial score (nSPS) is 11.2. The Morgan fingerprint density at radius 1 is 0.373 bits per heavy atom. The third-order valence-corrected chi connectivity index (χ3v) is 9.85. The predicted octanol–water partition coefficient (Wildman–Crippen LogP) is 8.72. The number of hydrogen-bond acceptors (Lipinski definition) is 10. The standard InChI is InChI=1S/C25H33N5.C24H29N5/c1-5-29(17-23-9-6-20(2)14-26-23)12-13-30(18-24-10-7-21(3)15-27-24)19-25-11-8-22(4)16-28-25;1-19-5-8-22(25-13-19)16-28(4)11-12-29(17-23-9-6-20(2)14-26-23)18-24-10-7-21(3)15-27-24/h6-11,14-16H,5,12-13,17-19H2,1-4H3;5-15H,16-18H2,1-4H3. The number of pyridine rings is 6. The Labute approximate surface area is 352 Å². The molecule has 0 fully saturated rings. The summed E-state index contributed by atoms with van der Waals surface area (Å²) in [5.74, 6) is 0. The van der Waals surface area contributed by atoms with Crippen LogP contribution in [0.4, 0.5) is 0 Å². The summed E-state index contributed by atoms with van der Waals surface area (Å²) in [6.45, 7) is 22.2. The van der Waals surface area contributed by atoms with Crippen LogP contribution in [-0.2, 0) is 39.3 Å². The fourth-order valence-corrected chi connectivity index (χ4v) is 6.18. The van der Waals surface area contributed by atoms with Gasteiger partial charge in [-0.25, -0.2) is 0 Å². The molecule has 0 saturated heterocycles. The molecule has 308 valence electrons. The van der Waals surface area contributed by atoms with E-state index in [1.54, 1.807) is 0 Å². The van der Waals surface area contributed by atoms with Gasteiger partial charge in [0, 0.05) is 89.4 Å². The van der Waals surface area contributed by atoms with E-state index in [1.165, 1.54) is 33.4 Å². The van der Waals surface area contributed by atoms with Gasteiger partial charge in [-0.15, -0.1) is 0 Å². The lowest BCUT2D eigenvalue weighted by Gasteiger charge is -2.26. The summed E-state index contributed by atoms with van der Waals surface area (Å²) < 4.78 is 0. The lowest BCUT2D eigenvalue weighted by Crippen LogP contribution is -2.35. The minimum atomic E-state index is 0.725. The first-order valence-corrected chi connectivity index (χ1v) is 20.6. The molecule has 0 bridgehead atoms. The highest BCUT2D eigenvalue weighted by molar-refractivity contribution is 5.17. The average molecular weight is 791 g/mol. The van der Waals surface area contributed by atoms with Crippen molar-refractivity contribution in [3.05, 3.63) is 190 Å². The average Bonchev–Trinajstić information content (AvgIpc) is 3.23. The van der Waals surface area contributed by atoms with E-state index in [1.807, 2.05) is 37.2 Å². The van der Waals surface area contributed by atoms with Gasteiger partial charge >= 0.3 is 0 Å². The minimum absolute atomic E-state index is 0.725. The van der Waals surface area contributed by atoms with E-state index in [0.29, 0.717) is 0 Å². The number of hydrogen-bond donors (Lipinski definition) is 0. The van der Waals surface area contributed by atoms with Gasteiger partial charge in [-0.05, 0) is 118 Å². The van der Waals surface area contributed by atoms with E-state index < -0.39 is 0 Å². The molecule has 10 nitrogen and oxygen atoms in total. The van der Waals surface area contributed by atoms with Crippen molar-refractivity contribution in [1.29, 1.82) is 0 Å². The SMILES string of the molecule is CCN(CCN(Cc1ccc(C)cn1)Cc1ccc(C)cn1)Cc1ccc(C)cn1.Cc1ccc(CN(C)C=CN(Cc2ccc(C)cn2)Cc2ccc(C)cn2)nc1. The summed E-state index contributed by atoms with van der Waals surface area (Å²) in [4.78, 5) is 36.6. The molecule has 0 N–H and O–H groups in total. The molecule has 0 radical (unpaired) electrons. The zero-order valence-electron chi connectivity index (χ0n) is 36.4. The fraction of sp³-hybridized carbons (Fsp3) is 0.347. The number of nitrogens with zero attached hydrogens (tertiary/aromatic N) is 10. The van der Waals surface area contributed by atoms with Gasteiger partial charge in [-0.1, -0.05) is 43.3 Å². The van der Waals surface area contributed by atoms with Crippen molar-refractivity contribution in [2.24, 2.45) is 0 Å². The van der Waals surface area contributed by atoms with Crippen LogP contribution in [0.1, 0.15) is 74.5 Å². The summed E-state index contributed by atoms with van der Waals surface area (Å²) in [5, 5.41) is 0. The maximum absolute atomic E-state index is 4.61. The van der Waals surface area contributed by atoms with Crippen LogP contribution in [0.2, 0.25) is 0 Å². The van der Waals surface area contributed by atoms with Crippen molar-refractivity contribution in [2.75, 3.05) is 26.7 Å². The van der Waals surface area contributed by atoms with Crippen molar-refractivity contribution in [2.45, 2.75) is 87.7 Å². The molecule has 0 saturated carbocycles. The summed E-state index contributed by atoms with van der Waals surface area (Å²) in [5.41, 5.74) is 13.5. The van der Waals surface area contributed by atoms with Gasteiger partial charge in [0.25, 0.3) is 0 Å². The van der Waals surface area contributed by atoms with E-state index in [2.05, 4.69) is 190 Å². The fourth-order valence-electron chi connectivity index (χ4n) is 6.18. The van der Waals surface area contributed by atoms with Gasteiger partial charge in [0.2, 0.25) is 0 Å². The van der Waals surface area contributed by atoms with Gasteiger partial charge in [0.1, 0.15) is 0 Å². The van der Waals surface area contributed by atoms with Gasteiger partial charge in [0.15, 0.2) is 0 Å². The second-order valence-electron chi connectivity index (χ2n) is 15.7. The first kappa shape index (κ1) is 44.3. The number of rotatable bonds is 18. The topological polar surface area (TPSA) is 90.3 Å². The van der Waals surface area contributed by atoms with Crippen molar-refractivity contribution < 1.29 is 0 Å². The van der Waals surface area contributed by atoms with Crippen LogP contribution in [0.15, 0.2) is 122 Å². The molecule has 0 aliphatic rings. The van der Waals surface area contributed by atoms with Crippen molar-refractivity contribution in [3.63, 3.8) is 0 Å². The third kappa shape index (κ3) is 16.1. The lowest BCUT2D eigenvalue weighted by atomic mass is 10.2. The summed E-state index contributed by atoms with van der Waals surface area (Å²) in [6.07, 6.45) is 15.8. The maximum Gasteiger partial charge on any atom is 0.0601 e. The van der Waals surface area contributed by atoms with Crippen molar-refractivity contribution in [3.8, 4) is 0 Å². The van der Waals surface area contributed by atoms with Gasteiger partial charge in [-0.2, -0.15) is 0 Å². The van der Waals surface area contributed by atoms with Gasteiger partial charge < -0.3 is 9.80 Å². The molecule has 0 aliphatic heterocycles. The number of aromatic nitrogens is 6. The van der Waals surface area contributed by atoms with Crippen LogP contribution in [0.5, 0.6) is 0 Å². The Morgan fingerprint density at radius 2 is 0.661 bits per heavy atom. The lowest BCUT2D eigenvalue weighted by molar-refractivity contribution is 0.189. The van der Waals surface area contributed by atoms with Gasteiger partial charge in [-0.3, -0.25) is 39.7 Å². The number of likely N-dealkylation sites (N-methyl/N-ethyl adjacent to an activating group) is 1. The van der Waals surface area contributed by atoms with E-state index >= 15 is 0 Å². The molecule has 0 aliphatic carbocycles. The molecule has 10 heteroatoms. The highest BCUT2D eigenvalue weighted by Gasteiger charge is 2.13. The summed E-state index contributed by atoms with van der Waals surface area (Å²) >= 11 is 0. The van der Waals surface area contributed by atoms with Crippen molar-refractivity contribution >= 4 is 0 Å². The highest BCUT2D eigenvalue weighted by atomic mass is 15.2. The van der Waals surface area contributed by atoms with Crippen LogP contribution in [0, 0.1) is 41.5 Å². The molecule has 0 aromatic carbocycles. The monoisotopic (exact) mass is 791 g/mol. The van der Waals surface area contributed by atoms with Crippen LogP contribution >= 0.6 is 0 Å². The molecule has 0 atom stereocenters. The largest absolute Gasteiger partial charge is 0.373 e. The molecule has 6 aromatic rings. The predicted molar refractivity (Wildman–Crippen MR) is 239 cm³/mol. The quantitative estimate of drug-likeness (QED) is 0.0843. The first-order chi connectivity index (χ1) is 28.5. The van der Waals surface area contributed by atoms with E-state index in [-0.39, 0.29) is 0 Å². The van der Waals surface area contributed by atoms with E-state index in [4.69, 9.17) is 0 Å². The van der Waals surface area contributed by atoms with Gasteiger partial charge in [0.05, 0.1) is 53.8 Å². The van der Waals surface area contributed by atoms with E-state index in [0.717, 1.165) is 93.1 Å². The smallest absolute Gasteiger partial charge is 0.0601 e. The highest BCUT2D eigenvalue weighted by Crippen LogP contribution is 2.13. The molecular weight excluding hydrogens is 729 g/mol. The van der Waals surface area contributed by atoms with Crippen molar-refractivity contribution in [1.82, 2.24) is 49.5 Å². The summed E-state index contributed by atoms with van der Waals surface area (Å²) in [6, 6.07) is 25.3. The Hall–Kier alpha value is -5.84. The third-order valence-electron chi connectivity index (χ3n) is 9.85. The Bertz CT molecular complexity index is 2020. The molecule has 0 amide bonds. The molecule has 59 heavy (non-hydrogen) atoms. The molecule has 6 heterocycles. The van der Waals surface area contributed by atoms with Crippen LogP contribution < -0.4 is 0 Å². The molecular formula is C49H62N10. The van der Waals surface area contributed by atoms with Crippen LogP contribution in [-0.4, -0.2) is 76.2 Å². The van der Waals surface area contributed by atoms with Crippen LogP contribution in [0.25, 0.3) is 0 Å². The molecule has 6 aromatic heterocycles. The molecule has 6 rings (SSSR count). The second kappa shape index (κ2) is 22.9. The molecule has 0 spiro atoms. The number of aryl methyl sites for hydroxylation is 6. The maximum atomic E-state index is 4.61. The Morgan fingerprint density at radius 3 is 0.966 bits per heavy atom. The minimum Gasteiger partial charge on any atom is -0.373 e. The molecule has 0 unspecified atom stereocenters.